The summed E-state index contributed by atoms with van der Waals surface area (Å²) < 4.78 is 23.0. The molecular formula is C50H73N7O10. The minimum atomic E-state index is -1.44. The highest BCUT2D eigenvalue weighted by atomic mass is 16.6. The summed E-state index contributed by atoms with van der Waals surface area (Å²) in [7, 11) is 3.09. The van der Waals surface area contributed by atoms with E-state index in [-0.39, 0.29) is 51.1 Å². The van der Waals surface area contributed by atoms with E-state index in [4.69, 9.17) is 18.9 Å². The van der Waals surface area contributed by atoms with E-state index < -0.39 is 88.3 Å². The second-order valence-electron chi connectivity index (χ2n) is 21.0. The van der Waals surface area contributed by atoms with Gasteiger partial charge in [-0.3, -0.25) is 24.2 Å². The van der Waals surface area contributed by atoms with E-state index in [9.17, 15) is 28.8 Å². The second kappa shape index (κ2) is 21.9. The molecular weight excluding hydrogens is 859 g/mol. The van der Waals surface area contributed by atoms with E-state index in [0.29, 0.717) is 30.7 Å². The maximum absolute atomic E-state index is 14.8. The lowest BCUT2D eigenvalue weighted by atomic mass is 9.93. The zero-order valence-corrected chi connectivity index (χ0v) is 41.2. The van der Waals surface area contributed by atoms with E-state index >= 15 is 0 Å². The van der Waals surface area contributed by atoms with Gasteiger partial charge in [0.15, 0.2) is 0 Å². The molecule has 2 aromatic rings. The minimum Gasteiger partial charge on any atom is -0.488 e. The molecule has 0 radical (unpaired) electrons. The van der Waals surface area contributed by atoms with Gasteiger partial charge in [-0.2, -0.15) is 0 Å². The van der Waals surface area contributed by atoms with Crippen LogP contribution in [0.1, 0.15) is 112 Å². The number of hydrogen-bond acceptors (Lipinski definition) is 12. The molecule has 17 heteroatoms. The molecule has 0 spiro atoms. The van der Waals surface area contributed by atoms with Crippen molar-refractivity contribution in [3.05, 3.63) is 65.7 Å². The van der Waals surface area contributed by atoms with Crippen LogP contribution in [0.25, 0.3) is 0 Å². The summed E-state index contributed by atoms with van der Waals surface area (Å²) in [5.41, 5.74) is -1.83. The molecule has 2 aromatic carbocycles. The van der Waals surface area contributed by atoms with Crippen molar-refractivity contribution in [2.24, 2.45) is 4.99 Å². The lowest BCUT2D eigenvalue weighted by Crippen LogP contribution is -2.64. The maximum Gasteiger partial charge on any atom is 0.408 e. The number of rotatable bonds is 17. The number of esters is 1. The number of benzene rings is 2. The first-order valence-electron chi connectivity index (χ1n) is 23.4. The molecule has 67 heavy (non-hydrogen) atoms. The van der Waals surface area contributed by atoms with Crippen LogP contribution in [-0.4, -0.2) is 138 Å². The summed E-state index contributed by atoms with van der Waals surface area (Å²) in [5, 5.41) is 11.6. The number of amides is 5. The van der Waals surface area contributed by atoms with Crippen molar-refractivity contribution in [2.75, 3.05) is 27.2 Å². The van der Waals surface area contributed by atoms with Crippen molar-refractivity contribution in [1.29, 1.82) is 0 Å². The molecule has 2 fully saturated rings. The van der Waals surface area contributed by atoms with Gasteiger partial charge in [-0.05, 0) is 105 Å². The minimum absolute atomic E-state index is 0.0423. The summed E-state index contributed by atoms with van der Waals surface area (Å²) in [6, 6.07) is 11.8. The highest BCUT2D eigenvalue weighted by molar-refractivity contribution is 5.98. The Hall–Kier alpha value is -5.71. The fraction of sp³-hybridized carbons (Fsp3) is 0.620. The zero-order chi connectivity index (χ0) is 49.3. The number of nitrogens with one attached hydrogen (secondary N) is 4. The van der Waals surface area contributed by atoms with Crippen LogP contribution < -0.4 is 26.0 Å². The molecule has 2 aliphatic heterocycles. The molecule has 6 atom stereocenters. The summed E-state index contributed by atoms with van der Waals surface area (Å²) in [4.78, 5) is 92.7. The van der Waals surface area contributed by atoms with Gasteiger partial charge in [0.25, 0.3) is 0 Å². The predicted octanol–water partition coefficient (Wildman–Crippen LogP) is 4.63. The molecule has 5 amide bonds. The standard InChI is InChI=1S/C50H73N7O10/c1-47(2,3)65-35-21-19-33(20-22-35)25-37(41(58)52-39(44(61)64-11)26-32-17-13-12-14-18-32)53-45(62)50(23-15-16-24-50)55-42(59)40-28-36(66-48(4,5)6)30-57(40)43(60)38(27-34-29-51-31-56(34)10)54-46(63)67-49(7,8)9/h12-14,17-22,31,34,36-40H,15-16,23-30H2,1-11H3,(H,52,58)(H,53,62)(H,54,63)(H,55,59)/t34?,36-,37+,38+,39+,40+/m1/s1. The molecule has 17 nitrogen and oxygen atoms in total. The normalized spacial score (nSPS) is 20.6. The summed E-state index contributed by atoms with van der Waals surface area (Å²) in [6.07, 6.45) is 2.65. The maximum atomic E-state index is 14.8. The first-order chi connectivity index (χ1) is 31.3. The van der Waals surface area contributed by atoms with Crippen molar-refractivity contribution in [3.8, 4) is 5.75 Å². The van der Waals surface area contributed by atoms with Crippen molar-refractivity contribution in [3.63, 3.8) is 0 Å². The van der Waals surface area contributed by atoms with Crippen molar-refractivity contribution in [2.45, 2.75) is 172 Å². The SMILES string of the molecule is COC(=O)[C@H](Cc1ccccc1)NC(=O)[C@H](Cc1ccc(OC(C)(C)C)cc1)NC(=O)C1(NC(=O)[C@@H]2C[C@@H](OC(C)(C)C)CN2C(=O)[C@H](CC2CN=CN2C)NC(=O)OC(C)(C)C)CCCC1. The number of methoxy groups -OCH3 is 1. The first-order valence-corrected chi connectivity index (χ1v) is 23.4. The monoisotopic (exact) mass is 932 g/mol. The number of ether oxygens (including phenoxy) is 4. The van der Waals surface area contributed by atoms with Crippen LogP contribution in [0.4, 0.5) is 4.79 Å². The molecule has 1 aliphatic carbocycles. The molecule has 2 heterocycles. The van der Waals surface area contributed by atoms with Crippen LogP contribution in [0.15, 0.2) is 59.6 Å². The van der Waals surface area contributed by atoms with Gasteiger partial charge in [0.2, 0.25) is 23.6 Å². The Morgan fingerprint density at radius 3 is 1.97 bits per heavy atom. The Morgan fingerprint density at radius 1 is 0.776 bits per heavy atom. The molecule has 0 aromatic heterocycles. The number of alkyl carbamates (subject to hydrolysis) is 1. The lowest BCUT2D eigenvalue weighted by Gasteiger charge is -2.35. The van der Waals surface area contributed by atoms with E-state index in [0.717, 1.165) is 5.56 Å². The number of likely N-dealkylation sites (tertiary alicyclic amines) is 1. The Morgan fingerprint density at radius 2 is 1.40 bits per heavy atom. The molecule has 1 saturated heterocycles. The van der Waals surface area contributed by atoms with Crippen LogP contribution in [0.2, 0.25) is 0 Å². The number of nitrogens with zero attached hydrogens (tertiary/aromatic N) is 3. The van der Waals surface area contributed by atoms with Gasteiger partial charge in [0.1, 0.15) is 46.7 Å². The smallest absolute Gasteiger partial charge is 0.408 e. The van der Waals surface area contributed by atoms with Crippen LogP contribution in [0, 0.1) is 0 Å². The van der Waals surface area contributed by atoms with Gasteiger partial charge in [0.05, 0.1) is 37.7 Å². The van der Waals surface area contributed by atoms with Gasteiger partial charge in [-0.25, -0.2) is 9.59 Å². The fourth-order valence-electron chi connectivity index (χ4n) is 8.73. The van der Waals surface area contributed by atoms with Crippen molar-refractivity contribution in [1.82, 2.24) is 31.1 Å². The number of carbonyl (C=O) groups excluding carboxylic acids is 6. The summed E-state index contributed by atoms with van der Waals surface area (Å²) in [5.74, 6) is -2.28. The fourth-order valence-corrected chi connectivity index (χ4v) is 8.73. The Kier molecular flexibility index (Phi) is 17.1. The van der Waals surface area contributed by atoms with Crippen molar-refractivity contribution >= 4 is 42.0 Å². The van der Waals surface area contributed by atoms with Gasteiger partial charge >= 0.3 is 12.1 Å². The molecule has 4 N–H and O–H groups in total. The average Bonchev–Trinajstić information content (AvgIpc) is 3.99. The van der Waals surface area contributed by atoms with Gasteiger partial charge in [-0.15, -0.1) is 0 Å². The lowest BCUT2D eigenvalue weighted by molar-refractivity contribution is -0.145. The van der Waals surface area contributed by atoms with E-state index in [1.54, 1.807) is 39.2 Å². The predicted molar refractivity (Wildman–Crippen MR) is 253 cm³/mol. The van der Waals surface area contributed by atoms with Gasteiger partial charge in [-0.1, -0.05) is 55.3 Å². The van der Waals surface area contributed by atoms with E-state index in [1.807, 2.05) is 96.0 Å². The van der Waals surface area contributed by atoms with Gasteiger partial charge in [0, 0.05) is 32.9 Å². The van der Waals surface area contributed by atoms with E-state index in [1.165, 1.54) is 12.0 Å². The second-order valence-corrected chi connectivity index (χ2v) is 21.0. The Balaban J connectivity index is 1.43. The number of hydrogen-bond donors (Lipinski definition) is 4. The zero-order valence-electron chi connectivity index (χ0n) is 41.2. The third-order valence-electron chi connectivity index (χ3n) is 11.8. The topological polar surface area (TPSA) is 206 Å². The number of likely N-dealkylation sites (N-methyl/N-ethyl adjacent to an activating group) is 1. The van der Waals surface area contributed by atoms with Crippen LogP contribution in [0.5, 0.6) is 5.75 Å². The molecule has 5 rings (SSSR count). The summed E-state index contributed by atoms with van der Waals surface area (Å²) >= 11 is 0. The van der Waals surface area contributed by atoms with Crippen LogP contribution in [-0.2, 0) is 51.0 Å². The Labute approximate surface area is 395 Å². The third kappa shape index (κ3) is 15.4. The number of carbonyl (C=O) groups is 6. The van der Waals surface area contributed by atoms with Crippen molar-refractivity contribution < 1.29 is 47.7 Å². The molecule has 1 unspecified atom stereocenters. The molecule has 0 bridgehead atoms. The molecule has 368 valence electrons. The third-order valence-corrected chi connectivity index (χ3v) is 11.8. The molecule has 3 aliphatic rings. The van der Waals surface area contributed by atoms with E-state index in [2.05, 4.69) is 26.3 Å². The average molecular weight is 932 g/mol. The Bertz CT molecular complexity index is 2070. The largest absolute Gasteiger partial charge is 0.488 e. The highest BCUT2D eigenvalue weighted by Crippen LogP contribution is 2.33. The van der Waals surface area contributed by atoms with Crippen LogP contribution in [0.3, 0.4) is 0 Å². The summed E-state index contributed by atoms with van der Waals surface area (Å²) in [6.45, 7) is 17.2. The first kappa shape index (κ1) is 52.3. The number of aliphatic imine (C=N–C) groups is 1. The molecule has 1 saturated carbocycles. The highest BCUT2D eigenvalue weighted by Gasteiger charge is 2.49. The van der Waals surface area contributed by atoms with Crippen LogP contribution >= 0.6 is 0 Å². The van der Waals surface area contributed by atoms with Gasteiger partial charge < -0.3 is 50.0 Å². The quantitative estimate of drug-likeness (QED) is 0.161.